The number of rotatable bonds is 6. The van der Waals surface area contributed by atoms with Crippen molar-refractivity contribution in [2.45, 2.75) is 58.0 Å². The highest BCUT2D eigenvalue weighted by Gasteiger charge is 2.31. The lowest BCUT2D eigenvalue weighted by molar-refractivity contribution is 0.127. The van der Waals surface area contributed by atoms with Crippen molar-refractivity contribution in [3.05, 3.63) is 36.0 Å². The Morgan fingerprint density at radius 3 is 2.78 bits per heavy atom. The van der Waals surface area contributed by atoms with Crippen LogP contribution in [0.15, 0.2) is 30.5 Å². The van der Waals surface area contributed by atoms with Crippen molar-refractivity contribution in [1.29, 1.82) is 0 Å². The van der Waals surface area contributed by atoms with Crippen molar-refractivity contribution in [3.8, 4) is 0 Å². The molecule has 1 aromatic heterocycles. The SMILES string of the molecule is CCCN1CCCCC1C(CN)c1cn(CC)c2ccccc12. The fourth-order valence-electron chi connectivity index (χ4n) is 4.36. The molecule has 2 N–H and O–H groups in total. The summed E-state index contributed by atoms with van der Waals surface area (Å²) >= 11 is 0. The molecule has 1 aliphatic rings. The standard InChI is InChI=1S/C20H31N3/c1-3-12-23-13-8-7-11-20(23)17(14-21)18-15-22(4-2)19-10-6-5-9-16(18)19/h5-6,9-10,15,17,20H,3-4,7-8,11-14,21H2,1-2H3. The molecule has 0 spiro atoms. The van der Waals surface area contributed by atoms with Crippen molar-refractivity contribution < 1.29 is 0 Å². The molecule has 2 heterocycles. The predicted molar refractivity (Wildman–Crippen MR) is 98.9 cm³/mol. The number of hydrogen-bond acceptors (Lipinski definition) is 2. The highest BCUT2D eigenvalue weighted by molar-refractivity contribution is 5.84. The zero-order chi connectivity index (χ0) is 16.2. The molecule has 0 bridgehead atoms. The molecule has 126 valence electrons. The molecule has 0 saturated carbocycles. The first-order chi connectivity index (χ1) is 11.3. The maximum atomic E-state index is 6.30. The number of likely N-dealkylation sites (tertiary alicyclic amines) is 1. The van der Waals surface area contributed by atoms with Crippen molar-refractivity contribution in [2.75, 3.05) is 19.6 Å². The third-order valence-corrected chi connectivity index (χ3v) is 5.45. The molecule has 0 radical (unpaired) electrons. The predicted octanol–water partition coefficient (Wildman–Crippen LogP) is 3.97. The van der Waals surface area contributed by atoms with Crippen LogP contribution in [0.4, 0.5) is 0 Å². The van der Waals surface area contributed by atoms with E-state index in [0.29, 0.717) is 12.0 Å². The van der Waals surface area contributed by atoms with Gasteiger partial charge in [0, 0.05) is 42.1 Å². The molecule has 0 amide bonds. The summed E-state index contributed by atoms with van der Waals surface area (Å²) in [6.07, 6.45) is 7.55. The molecule has 1 aromatic carbocycles. The molecule has 3 heteroatoms. The van der Waals surface area contributed by atoms with Crippen LogP contribution in [-0.4, -0.2) is 35.1 Å². The van der Waals surface area contributed by atoms with E-state index in [1.54, 1.807) is 0 Å². The summed E-state index contributed by atoms with van der Waals surface area (Å²) in [5, 5.41) is 1.40. The molecule has 3 nitrogen and oxygen atoms in total. The van der Waals surface area contributed by atoms with Gasteiger partial charge in [-0.2, -0.15) is 0 Å². The van der Waals surface area contributed by atoms with Crippen molar-refractivity contribution in [1.82, 2.24) is 9.47 Å². The molecule has 1 aliphatic heterocycles. The van der Waals surface area contributed by atoms with Gasteiger partial charge in [-0.3, -0.25) is 4.90 Å². The summed E-state index contributed by atoms with van der Waals surface area (Å²) in [7, 11) is 0. The van der Waals surface area contributed by atoms with Crippen molar-refractivity contribution in [3.63, 3.8) is 0 Å². The normalized spacial score (nSPS) is 20.9. The Bertz CT molecular complexity index is 629. The highest BCUT2D eigenvalue weighted by Crippen LogP contribution is 2.35. The number of aromatic nitrogens is 1. The smallest absolute Gasteiger partial charge is 0.0483 e. The first-order valence-corrected chi connectivity index (χ1v) is 9.32. The summed E-state index contributed by atoms with van der Waals surface area (Å²) in [4.78, 5) is 2.69. The van der Waals surface area contributed by atoms with Crippen LogP contribution < -0.4 is 5.73 Å². The van der Waals surface area contributed by atoms with E-state index in [1.165, 1.54) is 55.2 Å². The Labute approximate surface area is 140 Å². The summed E-state index contributed by atoms with van der Waals surface area (Å²) in [6, 6.07) is 9.40. The van der Waals surface area contributed by atoms with E-state index in [2.05, 4.69) is 53.8 Å². The fourth-order valence-corrected chi connectivity index (χ4v) is 4.36. The zero-order valence-electron chi connectivity index (χ0n) is 14.7. The van der Waals surface area contributed by atoms with Gasteiger partial charge in [0.1, 0.15) is 0 Å². The molecule has 2 unspecified atom stereocenters. The van der Waals surface area contributed by atoms with E-state index in [0.717, 1.165) is 13.1 Å². The van der Waals surface area contributed by atoms with E-state index < -0.39 is 0 Å². The number of para-hydroxylation sites is 1. The van der Waals surface area contributed by atoms with Crippen LogP contribution in [0.2, 0.25) is 0 Å². The van der Waals surface area contributed by atoms with E-state index >= 15 is 0 Å². The number of benzene rings is 1. The van der Waals surface area contributed by atoms with Gasteiger partial charge in [0.05, 0.1) is 0 Å². The second-order valence-corrected chi connectivity index (χ2v) is 6.83. The Kier molecular flexibility index (Phi) is 5.39. The summed E-state index contributed by atoms with van der Waals surface area (Å²) in [5.41, 5.74) is 9.10. The van der Waals surface area contributed by atoms with Crippen LogP contribution in [-0.2, 0) is 6.54 Å². The minimum absolute atomic E-state index is 0.444. The minimum atomic E-state index is 0.444. The Balaban J connectivity index is 2.00. The van der Waals surface area contributed by atoms with Crippen molar-refractivity contribution in [2.24, 2.45) is 5.73 Å². The number of nitrogens with two attached hydrogens (primary N) is 1. The molecule has 0 aliphatic carbocycles. The molecule has 1 saturated heterocycles. The van der Waals surface area contributed by atoms with Crippen LogP contribution in [0.5, 0.6) is 0 Å². The average molecular weight is 313 g/mol. The first kappa shape index (κ1) is 16.5. The number of nitrogens with zero attached hydrogens (tertiary/aromatic N) is 2. The van der Waals surface area contributed by atoms with Crippen LogP contribution >= 0.6 is 0 Å². The van der Waals surface area contributed by atoms with Gasteiger partial charge < -0.3 is 10.3 Å². The van der Waals surface area contributed by atoms with E-state index in [9.17, 15) is 0 Å². The fraction of sp³-hybridized carbons (Fsp3) is 0.600. The number of piperidine rings is 1. The van der Waals surface area contributed by atoms with E-state index in [-0.39, 0.29) is 0 Å². The number of hydrogen-bond donors (Lipinski definition) is 1. The Morgan fingerprint density at radius 1 is 1.22 bits per heavy atom. The highest BCUT2D eigenvalue weighted by atomic mass is 15.2. The van der Waals surface area contributed by atoms with Gasteiger partial charge in [0.2, 0.25) is 0 Å². The Morgan fingerprint density at radius 2 is 2.04 bits per heavy atom. The molecule has 2 aromatic rings. The van der Waals surface area contributed by atoms with Gasteiger partial charge in [-0.1, -0.05) is 31.5 Å². The second kappa shape index (κ2) is 7.50. The van der Waals surface area contributed by atoms with Crippen LogP contribution in [0.3, 0.4) is 0 Å². The van der Waals surface area contributed by atoms with Crippen molar-refractivity contribution >= 4 is 10.9 Å². The third kappa shape index (κ3) is 3.17. The van der Waals surface area contributed by atoms with E-state index in [1.807, 2.05) is 0 Å². The Hall–Kier alpha value is -1.32. The van der Waals surface area contributed by atoms with Crippen LogP contribution in [0, 0.1) is 0 Å². The van der Waals surface area contributed by atoms with Gasteiger partial charge >= 0.3 is 0 Å². The lowest BCUT2D eigenvalue weighted by Gasteiger charge is -2.40. The summed E-state index contributed by atoms with van der Waals surface area (Å²) in [5.74, 6) is 0.444. The maximum Gasteiger partial charge on any atom is 0.0483 e. The largest absolute Gasteiger partial charge is 0.347 e. The number of aryl methyl sites for hydroxylation is 1. The topological polar surface area (TPSA) is 34.2 Å². The van der Waals surface area contributed by atoms with Gasteiger partial charge in [-0.05, 0) is 50.9 Å². The monoisotopic (exact) mass is 313 g/mol. The van der Waals surface area contributed by atoms with E-state index in [4.69, 9.17) is 5.73 Å². The van der Waals surface area contributed by atoms with Crippen LogP contribution in [0.1, 0.15) is 51.0 Å². The van der Waals surface area contributed by atoms with Crippen LogP contribution in [0.25, 0.3) is 10.9 Å². The van der Waals surface area contributed by atoms with Gasteiger partial charge in [-0.15, -0.1) is 0 Å². The molecular formula is C20H31N3. The molecule has 2 atom stereocenters. The average Bonchev–Trinajstić information content (AvgIpc) is 2.96. The summed E-state index contributed by atoms with van der Waals surface area (Å²) < 4.78 is 2.38. The third-order valence-electron chi connectivity index (χ3n) is 5.45. The lowest BCUT2D eigenvalue weighted by atomic mass is 9.85. The molecule has 1 fully saturated rings. The van der Waals surface area contributed by atoms with Gasteiger partial charge in [-0.25, -0.2) is 0 Å². The van der Waals surface area contributed by atoms with Gasteiger partial charge in [0.25, 0.3) is 0 Å². The number of fused-ring (bicyclic) bond motifs is 1. The van der Waals surface area contributed by atoms with Gasteiger partial charge in [0.15, 0.2) is 0 Å². The maximum absolute atomic E-state index is 6.30. The zero-order valence-corrected chi connectivity index (χ0v) is 14.7. The quantitative estimate of drug-likeness (QED) is 0.875. The first-order valence-electron chi connectivity index (χ1n) is 9.32. The molecule has 3 rings (SSSR count). The summed E-state index contributed by atoms with van der Waals surface area (Å²) in [6.45, 7) is 8.70. The second-order valence-electron chi connectivity index (χ2n) is 6.83. The molecule has 23 heavy (non-hydrogen) atoms. The lowest BCUT2D eigenvalue weighted by Crippen LogP contribution is -2.45. The molecular weight excluding hydrogens is 282 g/mol. The minimum Gasteiger partial charge on any atom is -0.347 e.